The summed E-state index contributed by atoms with van der Waals surface area (Å²) in [7, 11) is 0. The maximum Gasteiger partial charge on any atom is 0.253 e. The van der Waals surface area contributed by atoms with Gasteiger partial charge in [-0.1, -0.05) is 23.7 Å². The van der Waals surface area contributed by atoms with E-state index in [1.807, 2.05) is 13.8 Å². The van der Waals surface area contributed by atoms with Crippen molar-refractivity contribution in [2.75, 3.05) is 19.7 Å². The Balaban J connectivity index is 2.60. The molecular weight excluding hydrogens is 280 g/mol. The van der Waals surface area contributed by atoms with Crippen LogP contribution in [0, 0.1) is 0 Å². The molecule has 1 aromatic rings. The lowest BCUT2D eigenvalue weighted by Gasteiger charge is -2.26. The van der Waals surface area contributed by atoms with Crippen LogP contribution in [0.1, 0.15) is 24.2 Å². The fourth-order valence-corrected chi connectivity index (χ4v) is 2.00. The third kappa shape index (κ3) is 4.51. The van der Waals surface area contributed by atoms with Gasteiger partial charge in [-0.25, -0.2) is 0 Å². The van der Waals surface area contributed by atoms with Crippen LogP contribution in [0.3, 0.4) is 0 Å². The average Bonchev–Trinajstić information content (AvgIpc) is 2.42. The summed E-state index contributed by atoms with van der Waals surface area (Å²) in [6, 6.07) is 6.60. The molecule has 0 aliphatic rings. The van der Waals surface area contributed by atoms with Crippen LogP contribution in [-0.4, -0.2) is 47.6 Å². The van der Waals surface area contributed by atoms with Gasteiger partial charge in [-0.15, -0.1) is 0 Å². The molecule has 0 aliphatic heterocycles. The van der Waals surface area contributed by atoms with E-state index in [0.717, 1.165) is 0 Å². The van der Waals surface area contributed by atoms with E-state index < -0.39 is 5.91 Å². The van der Waals surface area contributed by atoms with Crippen LogP contribution in [0.4, 0.5) is 0 Å². The zero-order chi connectivity index (χ0) is 15.1. The zero-order valence-corrected chi connectivity index (χ0v) is 12.4. The summed E-state index contributed by atoms with van der Waals surface area (Å²) < 4.78 is 0. The maximum absolute atomic E-state index is 12.0. The van der Waals surface area contributed by atoms with Gasteiger partial charge in [0, 0.05) is 12.6 Å². The first-order valence-corrected chi connectivity index (χ1v) is 6.78. The highest BCUT2D eigenvalue weighted by molar-refractivity contribution is 6.33. The van der Waals surface area contributed by atoms with Crippen LogP contribution in [0.25, 0.3) is 0 Å². The summed E-state index contributed by atoms with van der Waals surface area (Å²) >= 11 is 5.91. The van der Waals surface area contributed by atoms with Gasteiger partial charge >= 0.3 is 0 Å². The predicted octanol–water partition coefficient (Wildman–Crippen LogP) is 1.30. The van der Waals surface area contributed by atoms with E-state index in [-0.39, 0.29) is 31.6 Å². The summed E-state index contributed by atoms with van der Waals surface area (Å²) in [5.41, 5.74) is 0.334. The molecule has 5 nitrogen and oxygen atoms in total. The zero-order valence-electron chi connectivity index (χ0n) is 11.6. The largest absolute Gasteiger partial charge is 0.395 e. The van der Waals surface area contributed by atoms with Gasteiger partial charge in [0.15, 0.2) is 0 Å². The second kappa shape index (κ2) is 7.87. The molecule has 6 heteroatoms. The third-order valence-corrected chi connectivity index (χ3v) is 3.13. The average molecular weight is 299 g/mol. The molecule has 0 radical (unpaired) electrons. The van der Waals surface area contributed by atoms with Gasteiger partial charge < -0.3 is 15.3 Å². The molecule has 1 aromatic carbocycles. The van der Waals surface area contributed by atoms with Crippen molar-refractivity contribution in [1.82, 2.24) is 10.2 Å². The molecule has 0 fully saturated rings. The van der Waals surface area contributed by atoms with Crippen molar-refractivity contribution in [1.29, 1.82) is 0 Å². The normalized spacial score (nSPS) is 10.4. The highest BCUT2D eigenvalue weighted by atomic mass is 35.5. The Kier molecular flexibility index (Phi) is 6.48. The predicted molar refractivity (Wildman–Crippen MR) is 77.7 cm³/mol. The molecule has 0 atom stereocenters. The van der Waals surface area contributed by atoms with Crippen LogP contribution < -0.4 is 5.32 Å². The summed E-state index contributed by atoms with van der Waals surface area (Å²) in [5.74, 6) is -0.633. The Morgan fingerprint density at radius 3 is 2.55 bits per heavy atom. The number of hydrogen-bond acceptors (Lipinski definition) is 3. The second-order valence-electron chi connectivity index (χ2n) is 4.57. The van der Waals surface area contributed by atoms with Crippen molar-refractivity contribution in [3.05, 3.63) is 34.9 Å². The second-order valence-corrected chi connectivity index (χ2v) is 4.97. The first-order chi connectivity index (χ1) is 9.47. The number of aliphatic hydroxyl groups excluding tert-OH is 1. The molecule has 110 valence electrons. The fourth-order valence-electron chi connectivity index (χ4n) is 1.78. The van der Waals surface area contributed by atoms with Gasteiger partial charge in [0.1, 0.15) is 0 Å². The monoisotopic (exact) mass is 298 g/mol. The van der Waals surface area contributed by atoms with E-state index in [0.29, 0.717) is 10.6 Å². The minimum absolute atomic E-state index is 0.0353. The molecule has 2 amide bonds. The van der Waals surface area contributed by atoms with E-state index >= 15 is 0 Å². The Bertz CT molecular complexity index is 477. The number of benzene rings is 1. The first kappa shape index (κ1) is 16.5. The number of nitrogens with zero attached hydrogens (tertiary/aromatic N) is 1. The molecule has 0 unspecified atom stereocenters. The Morgan fingerprint density at radius 1 is 1.35 bits per heavy atom. The number of rotatable bonds is 6. The fraction of sp³-hybridized carbons (Fsp3) is 0.429. The van der Waals surface area contributed by atoms with E-state index in [1.54, 1.807) is 24.3 Å². The number of carbonyl (C=O) groups excluding carboxylic acids is 2. The quantitative estimate of drug-likeness (QED) is 0.832. The molecule has 2 N–H and O–H groups in total. The SMILES string of the molecule is CC(C)N(CCO)C(=O)CNC(=O)c1ccccc1Cl. The number of halogens is 1. The lowest BCUT2D eigenvalue weighted by molar-refractivity contribution is -0.132. The van der Waals surface area contributed by atoms with Crippen LogP contribution in [0.5, 0.6) is 0 Å². The van der Waals surface area contributed by atoms with Gasteiger partial charge in [-0.2, -0.15) is 0 Å². The van der Waals surface area contributed by atoms with E-state index in [9.17, 15) is 9.59 Å². The van der Waals surface area contributed by atoms with E-state index in [2.05, 4.69) is 5.32 Å². The van der Waals surface area contributed by atoms with Crippen LogP contribution in [-0.2, 0) is 4.79 Å². The van der Waals surface area contributed by atoms with Gasteiger partial charge in [0.05, 0.1) is 23.7 Å². The van der Waals surface area contributed by atoms with Crippen molar-refractivity contribution in [3.8, 4) is 0 Å². The highest BCUT2D eigenvalue weighted by Crippen LogP contribution is 2.14. The third-order valence-electron chi connectivity index (χ3n) is 2.80. The van der Waals surface area contributed by atoms with E-state index in [4.69, 9.17) is 16.7 Å². The number of amides is 2. The Hall–Kier alpha value is -1.59. The van der Waals surface area contributed by atoms with Crippen LogP contribution >= 0.6 is 11.6 Å². The van der Waals surface area contributed by atoms with Gasteiger partial charge in [-0.05, 0) is 26.0 Å². The molecule has 0 heterocycles. The molecule has 0 aromatic heterocycles. The van der Waals surface area contributed by atoms with Gasteiger partial charge in [0.2, 0.25) is 5.91 Å². The smallest absolute Gasteiger partial charge is 0.253 e. The standard InChI is InChI=1S/C14H19ClN2O3/c1-10(2)17(7-8-18)13(19)9-16-14(20)11-5-3-4-6-12(11)15/h3-6,10,18H,7-9H2,1-2H3,(H,16,20). The molecule has 0 saturated heterocycles. The van der Waals surface area contributed by atoms with Gasteiger partial charge in [-0.3, -0.25) is 9.59 Å². The molecule has 0 spiro atoms. The van der Waals surface area contributed by atoms with E-state index in [1.165, 1.54) is 4.90 Å². The number of aliphatic hydroxyl groups is 1. The Morgan fingerprint density at radius 2 is 2.00 bits per heavy atom. The highest BCUT2D eigenvalue weighted by Gasteiger charge is 2.17. The molecular formula is C14H19ClN2O3. The summed E-state index contributed by atoms with van der Waals surface area (Å²) in [4.78, 5) is 25.4. The van der Waals surface area contributed by atoms with Crippen molar-refractivity contribution in [2.45, 2.75) is 19.9 Å². The molecule has 0 bridgehead atoms. The number of hydrogen-bond donors (Lipinski definition) is 2. The minimum atomic E-state index is -0.392. The Labute approximate surface area is 123 Å². The lowest BCUT2D eigenvalue weighted by Crippen LogP contribution is -2.44. The molecule has 0 saturated carbocycles. The first-order valence-electron chi connectivity index (χ1n) is 6.40. The van der Waals surface area contributed by atoms with Crippen molar-refractivity contribution >= 4 is 23.4 Å². The van der Waals surface area contributed by atoms with Crippen molar-refractivity contribution in [3.63, 3.8) is 0 Å². The summed E-state index contributed by atoms with van der Waals surface area (Å²) in [6.45, 7) is 3.72. The number of nitrogens with one attached hydrogen (secondary N) is 1. The van der Waals surface area contributed by atoms with Crippen molar-refractivity contribution < 1.29 is 14.7 Å². The van der Waals surface area contributed by atoms with Crippen LogP contribution in [0.2, 0.25) is 5.02 Å². The number of carbonyl (C=O) groups is 2. The molecule has 0 aliphatic carbocycles. The van der Waals surface area contributed by atoms with Crippen LogP contribution in [0.15, 0.2) is 24.3 Å². The molecule has 1 rings (SSSR count). The molecule has 20 heavy (non-hydrogen) atoms. The summed E-state index contributed by atoms with van der Waals surface area (Å²) in [6.07, 6.45) is 0. The maximum atomic E-state index is 12.0. The van der Waals surface area contributed by atoms with Crippen molar-refractivity contribution in [2.24, 2.45) is 0 Å². The lowest BCUT2D eigenvalue weighted by atomic mass is 10.2. The topological polar surface area (TPSA) is 69.6 Å². The van der Waals surface area contributed by atoms with Gasteiger partial charge in [0.25, 0.3) is 5.91 Å². The summed E-state index contributed by atoms with van der Waals surface area (Å²) in [5, 5.41) is 11.8. The minimum Gasteiger partial charge on any atom is -0.395 e.